The van der Waals surface area contributed by atoms with Crippen molar-refractivity contribution in [3.8, 4) is 0 Å². The van der Waals surface area contributed by atoms with Gasteiger partial charge in [-0.3, -0.25) is 9.59 Å². The molecule has 0 spiro atoms. The first-order chi connectivity index (χ1) is 14.4. The number of para-hydroxylation sites is 1. The molecule has 0 aliphatic carbocycles. The second kappa shape index (κ2) is 9.76. The highest BCUT2D eigenvalue weighted by atomic mass is 19.1. The molecule has 0 bridgehead atoms. The van der Waals surface area contributed by atoms with Crippen molar-refractivity contribution in [2.24, 2.45) is 0 Å². The standard InChI is InChI=1S/C23H21F2N3O2/c1-15(16-5-4-6-18(25)13-16)26-14-22(29)28-21-8-3-2-7-20(21)23(30)27-19-11-9-17(24)10-12-19/h2-13,15,26H,14H2,1H3,(H,27,30)(H,28,29)/t15-/m1/s1. The molecule has 0 aliphatic heterocycles. The van der Waals surface area contributed by atoms with Gasteiger partial charge in [0.2, 0.25) is 5.91 Å². The first kappa shape index (κ1) is 21.1. The van der Waals surface area contributed by atoms with Crippen molar-refractivity contribution in [1.29, 1.82) is 0 Å². The van der Waals surface area contributed by atoms with Crippen molar-refractivity contribution >= 4 is 23.2 Å². The van der Waals surface area contributed by atoms with Crippen molar-refractivity contribution in [2.45, 2.75) is 13.0 Å². The highest BCUT2D eigenvalue weighted by molar-refractivity contribution is 6.10. The van der Waals surface area contributed by atoms with Gasteiger partial charge in [0.05, 0.1) is 17.8 Å². The fourth-order valence-electron chi connectivity index (χ4n) is 2.86. The van der Waals surface area contributed by atoms with Crippen LogP contribution in [0.4, 0.5) is 20.2 Å². The summed E-state index contributed by atoms with van der Waals surface area (Å²) in [6.07, 6.45) is 0. The lowest BCUT2D eigenvalue weighted by atomic mass is 10.1. The van der Waals surface area contributed by atoms with Gasteiger partial charge in [-0.1, -0.05) is 24.3 Å². The Balaban J connectivity index is 1.61. The number of anilines is 2. The second-order valence-electron chi connectivity index (χ2n) is 6.71. The number of rotatable bonds is 7. The zero-order valence-electron chi connectivity index (χ0n) is 16.3. The molecule has 3 rings (SSSR count). The van der Waals surface area contributed by atoms with Gasteiger partial charge < -0.3 is 16.0 Å². The predicted molar refractivity (Wildman–Crippen MR) is 112 cm³/mol. The Morgan fingerprint density at radius 1 is 0.867 bits per heavy atom. The molecule has 0 unspecified atom stereocenters. The van der Waals surface area contributed by atoms with E-state index in [0.717, 1.165) is 5.56 Å². The molecule has 7 heteroatoms. The van der Waals surface area contributed by atoms with Crippen LogP contribution < -0.4 is 16.0 Å². The van der Waals surface area contributed by atoms with Crippen molar-refractivity contribution in [3.05, 3.63) is 95.6 Å². The summed E-state index contributed by atoms with van der Waals surface area (Å²) in [4.78, 5) is 24.9. The number of hydrogen-bond acceptors (Lipinski definition) is 3. The van der Waals surface area contributed by atoms with Gasteiger partial charge in [0.25, 0.3) is 5.91 Å². The van der Waals surface area contributed by atoms with Crippen LogP contribution in [-0.4, -0.2) is 18.4 Å². The number of carbonyl (C=O) groups is 2. The molecule has 3 N–H and O–H groups in total. The summed E-state index contributed by atoms with van der Waals surface area (Å²) in [5.41, 5.74) is 1.78. The molecule has 154 valence electrons. The molecule has 0 aliphatic rings. The molecule has 3 aromatic carbocycles. The summed E-state index contributed by atoms with van der Waals surface area (Å²) < 4.78 is 26.4. The van der Waals surface area contributed by atoms with Crippen molar-refractivity contribution in [2.75, 3.05) is 17.2 Å². The van der Waals surface area contributed by atoms with E-state index in [0.29, 0.717) is 11.4 Å². The Kier molecular flexibility index (Phi) is 6.87. The number of nitrogens with one attached hydrogen (secondary N) is 3. The van der Waals surface area contributed by atoms with E-state index >= 15 is 0 Å². The second-order valence-corrected chi connectivity index (χ2v) is 6.71. The summed E-state index contributed by atoms with van der Waals surface area (Å²) in [6.45, 7) is 1.80. The minimum atomic E-state index is -0.432. The molecule has 0 radical (unpaired) electrons. The third-order valence-corrected chi connectivity index (χ3v) is 4.47. The highest BCUT2D eigenvalue weighted by Gasteiger charge is 2.14. The van der Waals surface area contributed by atoms with Gasteiger partial charge in [0, 0.05) is 11.7 Å². The summed E-state index contributed by atoms with van der Waals surface area (Å²) in [5, 5.41) is 8.40. The van der Waals surface area contributed by atoms with Gasteiger partial charge in [0.1, 0.15) is 11.6 Å². The third kappa shape index (κ3) is 5.71. The quantitative estimate of drug-likeness (QED) is 0.538. The van der Waals surface area contributed by atoms with E-state index in [2.05, 4.69) is 16.0 Å². The Bertz CT molecular complexity index is 1040. The minimum Gasteiger partial charge on any atom is -0.324 e. The number of carbonyl (C=O) groups excluding carboxylic acids is 2. The molecule has 1 atom stereocenters. The van der Waals surface area contributed by atoms with E-state index in [1.807, 2.05) is 6.92 Å². The van der Waals surface area contributed by atoms with E-state index in [-0.39, 0.29) is 29.9 Å². The molecule has 0 saturated carbocycles. The maximum Gasteiger partial charge on any atom is 0.257 e. The first-order valence-electron chi connectivity index (χ1n) is 9.37. The average Bonchev–Trinajstić information content (AvgIpc) is 2.74. The molecular formula is C23H21F2N3O2. The van der Waals surface area contributed by atoms with Gasteiger partial charge in [-0.15, -0.1) is 0 Å². The summed E-state index contributed by atoms with van der Waals surface area (Å²) in [5.74, 6) is -1.52. The average molecular weight is 409 g/mol. The van der Waals surface area contributed by atoms with Crippen LogP contribution in [0.5, 0.6) is 0 Å². The normalized spacial score (nSPS) is 11.6. The molecule has 3 aromatic rings. The fraction of sp³-hybridized carbons (Fsp3) is 0.130. The van der Waals surface area contributed by atoms with Crippen molar-refractivity contribution in [3.63, 3.8) is 0 Å². The number of benzene rings is 3. The van der Waals surface area contributed by atoms with Crippen LogP contribution in [0.3, 0.4) is 0 Å². The van der Waals surface area contributed by atoms with E-state index in [9.17, 15) is 18.4 Å². The first-order valence-corrected chi connectivity index (χ1v) is 9.37. The van der Waals surface area contributed by atoms with Crippen molar-refractivity contribution < 1.29 is 18.4 Å². The number of amides is 2. The van der Waals surface area contributed by atoms with Crippen LogP contribution >= 0.6 is 0 Å². The SMILES string of the molecule is C[C@@H](NCC(=O)Nc1ccccc1C(=O)Nc1ccc(F)cc1)c1cccc(F)c1. The smallest absolute Gasteiger partial charge is 0.257 e. The lowest BCUT2D eigenvalue weighted by Crippen LogP contribution is -2.30. The van der Waals surface area contributed by atoms with Gasteiger partial charge in [-0.25, -0.2) is 8.78 Å². The van der Waals surface area contributed by atoms with Crippen LogP contribution in [0.1, 0.15) is 28.9 Å². The Labute approximate surface area is 173 Å². The summed E-state index contributed by atoms with van der Waals surface area (Å²) in [7, 11) is 0. The fourth-order valence-corrected chi connectivity index (χ4v) is 2.86. The predicted octanol–water partition coefficient (Wildman–Crippen LogP) is 4.51. The maximum atomic E-state index is 13.3. The van der Waals surface area contributed by atoms with Gasteiger partial charge in [0.15, 0.2) is 0 Å². The van der Waals surface area contributed by atoms with Gasteiger partial charge >= 0.3 is 0 Å². The molecule has 2 amide bonds. The summed E-state index contributed by atoms with van der Waals surface area (Å²) >= 11 is 0. The van der Waals surface area contributed by atoms with Crippen LogP contribution in [-0.2, 0) is 4.79 Å². The Hall–Kier alpha value is -3.58. The van der Waals surface area contributed by atoms with E-state index in [1.165, 1.54) is 36.4 Å². The monoisotopic (exact) mass is 409 g/mol. The van der Waals surface area contributed by atoms with E-state index in [4.69, 9.17) is 0 Å². The van der Waals surface area contributed by atoms with Crippen LogP contribution in [0.15, 0.2) is 72.8 Å². The molecular weight excluding hydrogens is 388 g/mol. The zero-order chi connectivity index (χ0) is 21.5. The molecule has 5 nitrogen and oxygen atoms in total. The lowest BCUT2D eigenvalue weighted by Gasteiger charge is -2.15. The zero-order valence-corrected chi connectivity index (χ0v) is 16.3. The number of halogens is 2. The maximum absolute atomic E-state index is 13.3. The molecule has 0 heterocycles. The summed E-state index contributed by atoms with van der Waals surface area (Å²) in [6, 6.07) is 17.9. The molecule has 0 aromatic heterocycles. The largest absolute Gasteiger partial charge is 0.324 e. The van der Waals surface area contributed by atoms with Gasteiger partial charge in [-0.05, 0) is 61.0 Å². The molecule has 0 fully saturated rings. The van der Waals surface area contributed by atoms with Crippen LogP contribution in [0.25, 0.3) is 0 Å². The van der Waals surface area contributed by atoms with Crippen LogP contribution in [0, 0.1) is 11.6 Å². The van der Waals surface area contributed by atoms with E-state index in [1.54, 1.807) is 36.4 Å². The third-order valence-electron chi connectivity index (χ3n) is 4.47. The lowest BCUT2D eigenvalue weighted by molar-refractivity contribution is -0.115. The highest BCUT2D eigenvalue weighted by Crippen LogP contribution is 2.18. The van der Waals surface area contributed by atoms with E-state index < -0.39 is 11.7 Å². The minimum absolute atomic E-state index is 0.0222. The Morgan fingerprint density at radius 3 is 2.33 bits per heavy atom. The van der Waals surface area contributed by atoms with Crippen molar-refractivity contribution in [1.82, 2.24) is 5.32 Å². The molecule has 0 saturated heterocycles. The topological polar surface area (TPSA) is 70.2 Å². The Morgan fingerprint density at radius 2 is 1.60 bits per heavy atom. The number of hydrogen-bond donors (Lipinski definition) is 3. The van der Waals surface area contributed by atoms with Crippen LogP contribution in [0.2, 0.25) is 0 Å². The van der Waals surface area contributed by atoms with Gasteiger partial charge in [-0.2, -0.15) is 0 Å². The molecule has 30 heavy (non-hydrogen) atoms.